The Hall–Kier alpha value is -0.765. The molecule has 1 saturated heterocycles. The second-order valence-electron chi connectivity index (χ2n) is 4.31. The highest BCUT2D eigenvalue weighted by Gasteiger charge is 2.30. The maximum Gasteiger partial charge on any atom is 0.158 e. The van der Waals surface area contributed by atoms with E-state index in [0.717, 1.165) is 37.0 Å². The van der Waals surface area contributed by atoms with Crippen LogP contribution in [0.2, 0.25) is 0 Å². The van der Waals surface area contributed by atoms with Crippen LogP contribution < -0.4 is 5.46 Å². The van der Waals surface area contributed by atoms with E-state index in [1.165, 1.54) is 6.42 Å². The van der Waals surface area contributed by atoms with Crippen LogP contribution >= 0.6 is 0 Å². The van der Waals surface area contributed by atoms with E-state index in [1.807, 2.05) is 10.9 Å². The van der Waals surface area contributed by atoms with Gasteiger partial charge in [0, 0.05) is 12.8 Å². The molecule has 0 bridgehead atoms. The van der Waals surface area contributed by atoms with Crippen molar-refractivity contribution in [2.45, 2.75) is 45.3 Å². The van der Waals surface area contributed by atoms with Crippen molar-refractivity contribution in [1.29, 1.82) is 0 Å². The van der Waals surface area contributed by atoms with Gasteiger partial charge in [0.2, 0.25) is 0 Å². The van der Waals surface area contributed by atoms with Crippen LogP contribution in [0.1, 0.15) is 38.8 Å². The van der Waals surface area contributed by atoms with Gasteiger partial charge in [0.1, 0.15) is 7.85 Å². The van der Waals surface area contributed by atoms with E-state index in [-0.39, 0.29) is 5.72 Å². The molecule has 0 N–H and O–H groups in total. The first-order chi connectivity index (χ1) is 7.15. The number of ether oxygens (including phenoxy) is 1. The standard InChI is InChI=1S/C11H17BN2O/c1-3-10-9(12)8-14(13-10)11(2)6-4-5-7-15-11/h8H,3-7H2,1-2H3/t11-/m0/s1. The van der Waals surface area contributed by atoms with Gasteiger partial charge in [-0.2, -0.15) is 5.10 Å². The van der Waals surface area contributed by atoms with Crippen molar-refractivity contribution in [2.75, 3.05) is 6.61 Å². The average molecular weight is 204 g/mol. The van der Waals surface area contributed by atoms with Gasteiger partial charge in [-0.3, -0.25) is 0 Å². The normalized spacial score (nSPS) is 26.8. The molecule has 2 rings (SSSR count). The zero-order chi connectivity index (χ0) is 10.9. The van der Waals surface area contributed by atoms with E-state index in [4.69, 9.17) is 12.6 Å². The molecule has 1 fully saturated rings. The van der Waals surface area contributed by atoms with Crippen molar-refractivity contribution >= 4 is 13.3 Å². The van der Waals surface area contributed by atoms with Gasteiger partial charge in [-0.25, -0.2) is 4.68 Å². The van der Waals surface area contributed by atoms with Crippen molar-refractivity contribution in [3.8, 4) is 0 Å². The van der Waals surface area contributed by atoms with Crippen LogP contribution in [-0.4, -0.2) is 24.2 Å². The molecule has 3 nitrogen and oxygen atoms in total. The zero-order valence-corrected chi connectivity index (χ0v) is 9.49. The minimum absolute atomic E-state index is 0.292. The van der Waals surface area contributed by atoms with Crippen LogP contribution in [0.5, 0.6) is 0 Å². The summed E-state index contributed by atoms with van der Waals surface area (Å²) < 4.78 is 7.70. The molecule has 1 aliphatic rings. The van der Waals surface area contributed by atoms with Gasteiger partial charge in [-0.15, -0.1) is 0 Å². The lowest BCUT2D eigenvalue weighted by atomic mass is 9.96. The first-order valence-electron chi connectivity index (χ1n) is 5.64. The Balaban J connectivity index is 2.27. The van der Waals surface area contributed by atoms with Crippen molar-refractivity contribution < 1.29 is 4.74 Å². The lowest BCUT2D eigenvalue weighted by Gasteiger charge is -2.34. The first kappa shape index (κ1) is 10.7. The van der Waals surface area contributed by atoms with E-state index in [0.29, 0.717) is 0 Å². The van der Waals surface area contributed by atoms with Crippen LogP contribution in [0.4, 0.5) is 0 Å². The second-order valence-corrected chi connectivity index (χ2v) is 4.31. The summed E-state index contributed by atoms with van der Waals surface area (Å²) in [5.74, 6) is 0. The predicted molar refractivity (Wildman–Crippen MR) is 60.4 cm³/mol. The number of aromatic nitrogens is 2. The van der Waals surface area contributed by atoms with E-state index in [2.05, 4.69) is 18.9 Å². The van der Waals surface area contributed by atoms with Crippen molar-refractivity contribution in [2.24, 2.45) is 0 Å². The molecular weight excluding hydrogens is 187 g/mol. The minimum Gasteiger partial charge on any atom is -0.354 e. The van der Waals surface area contributed by atoms with Gasteiger partial charge in [-0.05, 0) is 32.6 Å². The lowest BCUT2D eigenvalue weighted by molar-refractivity contribution is -0.131. The topological polar surface area (TPSA) is 27.1 Å². The van der Waals surface area contributed by atoms with Gasteiger partial charge >= 0.3 is 0 Å². The summed E-state index contributed by atoms with van der Waals surface area (Å²) >= 11 is 0. The number of rotatable bonds is 2. The van der Waals surface area contributed by atoms with Crippen molar-refractivity contribution in [3.63, 3.8) is 0 Å². The molecule has 0 spiro atoms. The fraction of sp³-hybridized carbons (Fsp3) is 0.727. The number of nitrogens with zero attached hydrogens (tertiary/aromatic N) is 2. The van der Waals surface area contributed by atoms with Crippen LogP contribution in [0.25, 0.3) is 0 Å². The summed E-state index contributed by atoms with van der Waals surface area (Å²) in [5, 5.41) is 4.49. The molecule has 1 aliphatic heterocycles. The van der Waals surface area contributed by atoms with E-state index in [9.17, 15) is 0 Å². The summed E-state index contributed by atoms with van der Waals surface area (Å²) in [7, 11) is 5.88. The average Bonchev–Trinajstić information content (AvgIpc) is 2.61. The van der Waals surface area contributed by atoms with Crippen LogP contribution in [0.3, 0.4) is 0 Å². The summed E-state index contributed by atoms with van der Waals surface area (Å²) in [6.45, 7) is 4.96. The Morgan fingerprint density at radius 2 is 2.40 bits per heavy atom. The maximum absolute atomic E-state index is 5.88. The molecule has 2 radical (unpaired) electrons. The molecule has 80 valence electrons. The largest absolute Gasteiger partial charge is 0.354 e. The summed E-state index contributed by atoms with van der Waals surface area (Å²) in [5.41, 5.74) is 1.44. The molecule has 2 heterocycles. The first-order valence-corrected chi connectivity index (χ1v) is 5.64. The quantitative estimate of drug-likeness (QED) is 0.675. The highest BCUT2D eigenvalue weighted by molar-refractivity contribution is 6.33. The van der Waals surface area contributed by atoms with Gasteiger partial charge < -0.3 is 4.74 Å². The molecule has 4 heteroatoms. The predicted octanol–water partition coefficient (Wildman–Crippen LogP) is 1.11. The molecule has 0 aromatic carbocycles. The SMILES string of the molecule is [B]c1cn([C@]2(C)CCCCO2)nc1CC. The lowest BCUT2D eigenvalue weighted by Crippen LogP contribution is -2.37. The van der Waals surface area contributed by atoms with E-state index >= 15 is 0 Å². The van der Waals surface area contributed by atoms with Crippen LogP contribution in [-0.2, 0) is 16.9 Å². The van der Waals surface area contributed by atoms with Crippen molar-refractivity contribution in [1.82, 2.24) is 9.78 Å². The molecule has 1 atom stereocenters. The zero-order valence-electron chi connectivity index (χ0n) is 9.49. The van der Waals surface area contributed by atoms with Crippen LogP contribution in [0.15, 0.2) is 6.20 Å². The van der Waals surface area contributed by atoms with Gasteiger partial charge in [-0.1, -0.05) is 12.4 Å². The molecule has 1 aromatic heterocycles. The van der Waals surface area contributed by atoms with Gasteiger partial charge in [0.25, 0.3) is 0 Å². The molecule has 1 aromatic rings. The Kier molecular flexibility index (Phi) is 2.87. The Bertz CT molecular complexity index is 342. The number of hydrogen-bond acceptors (Lipinski definition) is 2. The third kappa shape index (κ3) is 1.95. The molecule has 0 amide bonds. The van der Waals surface area contributed by atoms with Gasteiger partial charge in [0.15, 0.2) is 5.72 Å². The summed E-state index contributed by atoms with van der Waals surface area (Å²) in [4.78, 5) is 0. The molecular formula is C11H17BN2O. The third-order valence-corrected chi connectivity index (χ3v) is 3.09. The Morgan fingerprint density at radius 3 is 2.93 bits per heavy atom. The third-order valence-electron chi connectivity index (χ3n) is 3.09. The van der Waals surface area contributed by atoms with Crippen LogP contribution in [0, 0.1) is 0 Å². The fourth-order valence-electron chi connectivity index (χ4n) is 2.04. The number of aryl methyl sites for hydroxylation is 1. The monoisotopic (exact) mass is 204 g/mol. The Morgan fingerprint density at radius 1 is 1.60 bits per heavy atom. The summed E-state index contributed by atoms with van der Waals surface area (Å²) in [6.07, 6.45) is 6.11. The smallest absolute Gasteiger partial charge is 0.158 e. The van der Waals surface area contributed by atoms with E-state index in [1.54, 1.807) is 0 Å². The molecule has 0 unspecified atom stereocenters. The second kappa shape index (κ2) is 4.01. The molecule has 0 aliphatic carbocycles. The Labute approximate surface area is 92.2 Å². The van der Waals surface area contributed by atoms with E-state index < -0.39 is 0 Å². The van der Waals surface area contributed by atoms with Crippen molar-refractivity contribution in [3.05, 3.63) is 11.9 Å². The highest BCUT2D eigenvalue weighted by Crippen LogP contribution is 2.28. The minimum atomic E-state index is -0.292. The summed E-state index contributed by atoms with van der Waals surface area (Å²) in [6, 6.07) is 0. The number of hydrogen-bond donors (Lipinski definition) is 0. The maximum atomic E-state index is 5.88. The van der Waals surface area contributed by atoms with Gasteiger partial charge in [0.05, 0.1) is 5.69 Å². The molecule has 0 saturated carbocycles. The highest BCUT2D eigenvalue weighted by atomic mass is 16.5. The fourth-order valence-corrected chi connectivity index (χ4v) is 2.04. The molecule has 15 heavy (non-hydrogen) atoms.